The molecule has 12 heteroatoms. The van der Waals surface area contributed by atoms with Crippen LogP contribution in [0.5, 0.6) is 5.75 Å². The molecule has 0 atom stereocenters. The van der Waals surface area contributed by atoms with Gasteiger partial charge in [0.05, 0.1) is 5.41 Å². The number of anilines is 1. The number of carbonyl (C=O) groups excluding carboxylic acids is 1. The number of amides is 1. The highest BCUT2D eigenvalue weighted by Gasteiger charge is 2.50. The summed E-state index contributed by atoms with van der Waals surface area (Å²) in [5.41, 5.74) is -0.107. The molecule has 0 N–H and O–H groups in total. The van der Waals surface area contributed by atoms with Crippen LogP contribution in [0.1, 0.15) is 19.3 Å². The summed E-state index contributed by atoms with van der Waals surface area (Å²) in [6.45, 7) is -0.584. The number of nitrogens with zero attached hydrogens (tertiary/aromatic N) is 3. The summed E-state index contributed by atoms with van der Waals surface area (Å²) in [4.78, 5) is 18.6. The topological polar surface area (TPSA) is 79.8 Å². The van der Waals surface area contributed by atoms with E-state index in [1.807, 2.05) is 0 Å². The molecular weight excluding hydrogens is 483 g/mol. The van der Waals surface area contributed by atoms with Crippen molar-refractivity contribution in [3.8, 4) is 5.75 Å². The van der Waals surface area contributed by atoms with Gasteiger partial charge < -0.3 is 9.64 Å². The van der Waals surface area contributed by atoms with Crippen molar-refractivity contribution in [3.05, 3.63) is 47.7 Å². The molecule has 0 bridgehead atoms. The third kappa shape index (κ3) is 4.80. The molecule has 4 rings (SSSR count). The molecule has 0 aliphatic carbocycles. The lowest BCUT2D eigenvalue weighted by atomic mass is 9.77. The molecule has 1 spiro atoms. The molecule has 33 heavy (non-hydrogen) atoms. The van der Waals surface area contributed by atoms with Gasteiger partial charge in [0.15, 0.2) is 6.61 Å². The van der Waals surface area contributed by atoms with Gasteiger partial charge in [0, 0.05) is 31.5 Å². The number of rotatable bonds is 5. The maximum absolute atomic E-state index is 13.3. The summed E-state index contributed by atoms with van der Waals surface area (Å²) in [5, 5.41) is -0.0939. The SMILES string of the molecule is O=C1N(c2ccc(OCC(F)(F)F)cc2)CCC12CCN(S(=O)(=O)c1cccnc1Cl)CC2. The van der Waals surface area contributed by atoms with Gasteiger partial charge in [0.1, 0.15) is 15.8 Å². The Balaban J connectivity index is 1.42. The fourth-order valence-corrected chi connectivity index (χ4v) is 6.15. The summed E-state index contributed by atoms with van der Waals surface area (Å²) in [7, 11) is -3.82. The van der Waals surface area contributed by atoms with Crippen molar-refractivity contribution in [2.45, 2.75) is 30.3 Å². The summed E-state index contributed by atoms with van der Waals surface area (Å²) in [6.07, 6.45) is -1.72. The smallest absolute Gasteiger partial charge is 0.422 e. The minimum atomic E-state index is -4.43. The Hall–Kier alpha value is -2.37. The first-order valence-corrected chi connectivity index (χ1v) is 12.1. The van der Waals surface area contributed by atoms with Gasteiger partial charge in [-0.05, 0) is 55.7 Å². The Bertz CT molecular complexity index is 1130. The van der Waals surface area contributed by atoms with Crippen molar-refractivity contribution < 1.29 is 31.1 Å². The average molecular weight is 504 g/mol. The van der Waals surface area contributed by atoms with Gasteiger partial charge in [-0.25, -0.2) is 13.4 Å². The predicted octanol–water partition coefficient (Wildman–Crippen LogP) is 3.88. The molecule has 3 heterocycles. The van der Waals surface area contributed by atoms with Crippen molar-refractivity contribution in [1.29, 1.82) is 0 Å². The van der Waals surface area contributed by atoms with Crippen LogP contribution in [0.25, 0.3) is 0 Å². The minimum absolute atomic E-state index is 0.0602. The number of pyridine rings is 1. The predicted molar refractivity (Wildman–Crippen MR) is 115 cm³/mol. The fourth-order valence-electron chi connectivity index (χ4n) is 4.28. The van der Waals surface area contributed by atoms with E-state index < -0.39 is 28.2 Å². The number of alkyl halides is 3. The van der Waals surface area contributed by atoms with E-state index in [9.17, 15) is 26.4 Å². The lowest BCUT2D eigenvalue weighted by molar-refractivity contribution is -0.153. The quantitative estimate of drug-likeness (QED) is 0.578. The highest BCUT2D eigenvalue weighted by atomic mass is 35.5. The highest BCUT2D eigenvalue weighted by Crippen LogP contribution is 2.44. The third-order valence-electron chi connectivity index (χ3n) is 6.09. The van der Waals surface area contributed by atoms with Crippen LogP contribution >= 0.6 is 11.6 Å². The number of ether oxygens (including phenoxy) is 1. The van der Waals surface area contributed by atoms with E-state index in [1.54, 1.807) is 17.0 Å². The molecule has 0 radical (unpaired) electrons. The number of halogens is 4. The third-order valence-corrected chi connectivity index (χ3v) is 8.43. The first-order chi connectivity index (χ1) is 15.5. The summed E-state index contributed by atoms with van der Waals surface area (Å²) < 4.78 is 68.9. The molecule has 0 saturated carbocycles. The second kappa shape index (κ2) is 8.77. The first kappa shape index (κ1) is 23.8. The molecule has 178 valence electrons. The van der Waals surface area contributed by atoms with E-state index in [-0.39, 0.29) is 34.8 Å². The zero-order valence-electron chi connectivity index (χ0n) is 17.4. The second-order valence-electron chi connectivity index (χ2n) is 8.08. The van der Waals surface area contributed by atoms with Gasteiger partial charge in [-0.15, -0.1) is 0 Å². The van der Waals surface area contributed by atoms with E-state index in [2.05, 4.69) is 4.98 Å². The maximum Gasteiger partial charge on any atom is 0.422 e. The van der Waals surface area contributed by atoms with Crippen LogP contribution in [0, 0.1) is 5.41 Å². The fraction of sp³-hybridized carbons (Fsp3) is 0.429. The summed E-state index contributed by atoms with van der Waals surface area (Å²) in [5.74, 6) is -0.0482. The van der Waals surface area contributed by atoms with E-state index in [4.69, 9.17) is 16.3 Å². The van der Waals surface area contributed by atoms with Crippen LogP contribution in [0.15, 0.2) is 47.5 Å². The van der Waals surface area contributed by atoms with E-state index in [0.29, 0.717) is 31.5 Å². The molecule has 1 aromatic heterocycles. The molecule has 0 unspecified atom stereocenters. The standard InChI is InChI=1S/C21H21ClF3N3O4S/c22-18-17(2-1-10-26-18)33(30,31)27-11-7-20(8-12-27)9-13-28(19(20)29)15-3-5-16(6-4-15)32-14-21(23,24)25/h1-6,10H,7-9,11-14H2. The Kier molecular flexibility index (Phi) is 6.32. The summed E-state index contributed by atoms with van der Waals surface area (Å²) >= 11 is 5.97. The molecule has 2 fully saturated rings. The molecule has 2 aliphatic rings. The van der Waals surface area contributed by atoms with Crippen LogP contribution in [-0.2, 0) is 14.8 Å². The molecule has 1 aromatic carbocycles. The van der Waals surface area contributed by atoms with Crippen LogP contribution in [0.2, 0.25) is 5.15 Å². The number of aromatic nitrogens is 1. The minimum Gasteiger partial charge on any atom is -0.484 e. The number of benzene rings is 1. The zero-order valence-corrected chi connectivity index (χ0v) is 19.0. The monoisotopic (exact) mass is 503 g/mol. The van der Waals surface area contributed by atoms with E-state index in [0.717, 1.165) is 0 Å². The lowest BCUT2D eigenvalue weighted by Crippen LogP contribution is -2.46. The Labute approximate surface area is 194 Å². The van der Waals surface area contributed by atoms with Gasteiger partial charge in [-0.1, -0.05) is 11.6 Å². The molecule has 1 amide bonds. The van der Waals surface area contributed by atoms with E-state index >= 15 is 0 Å². The summed E-state index contributed by atoms with van der Waals surface area (Å²) in [6, 6.07) is 8.79. The Morgan fingerprint density at radius 2 is 1.70 bits per heavy atom. The molecule has 7 nitrogen and oxygen atoms in total. The number of hydrogen-bond donors (Lipinski definition) is 0. The van der Waals surface area contributed by atoms with Crippen LogP contribution in [0.4, 0.5) is 18.9 Å². The van der Waals surface area contributed by atoms with Crippen molar-refractivity contribution in [3.63, 3.8) is 0 Å². The molecular formula is C21H21ClF3N3O4S. The highest BCUT2D eigenvalue weighted by molar-refractivity contribution is 7.89. The maximum atomic E-state index is 13.3. The van der Waals surface area contributed by atoms with Crippen LogP contribution in [-0.4, -0.2) is 56.0 Å². The number of sulfonamides is 1. The van der Waals surface area contributed by atoms with Crippen molar-refractivity contribution in [1.82, 2.24) is 9.29 Å². The van der Waals surface area contributed by atoms with Crippen molar-refractivity contribution >= 4 is 33.2 Å². The normalized spacial score (nSPS) is 19.3. The number of carbonyl (C=O) groups is 1. The average Bonchev–Trinajstić information content (AvgIpc) is 3.08. The van der Waals surface area contributed by atoms with Gasteiger partial charge in [0.25, 0.3) is 0 Å². The van der Waals surface area contributed by atoms with Gasteiger partial charge in [0.2, 0.25) is 15.9 Å². The first-order valence-electron chi connectivity index (χ1n) is 10.2. The lowest BCUT2D eigenvalue weighted by Gasteiger charge is -2.37. The van der Waals surface area contributed by atoms with Gasteiger partial charge >= 0.3 is 6.18 Å². The second-order valence-corrected chi connectivity index (χ2v) is 10.3. The number of piperidine rings is 1. The molecule has 2 aliphatic heterocycles. The Morgan fingerprint density at radius 1 is 1.06 bits per heavy atom. The zero-order chi connectivity index (χ0) is 23.9. The largest absolute Gasteiger partial charge is 0.484 e. The van der Waals surface area contributed by atoms with Gasteiger partial charge in [-0.3, -0.25) is 4.79 Å². The van der Waals surface area contributed by atoms with Gasteiger partial charge in [-0.2, -0.15) is 17.5 Å². The van der Waals surface area contributed by atoms with Crippen LogP contribution in [0.3, 0.4) is 0 Å². The van der Waals surface area contributed by atoms with E-state index in [1.165, 1.54) is 34.8 Å². The van der Waals surface area contributed by atoms with Crippen molar-refractivity contribution in [2.75, 3.05) is 31.1 Å². The number of hydrogen-bond acceptors (Lipinski definition) is 5. The molecule has 2 aromatic rings. The van der Waals surface area contributed by atoms with Crippen molar-refractivity contribution in [2.24, 2.45) is 5.41 Å². The van der Waals surface area contributed by atoms with Crippen LogP contribution < -0.4 is 9.64 Å². The Morgan fingerprint density at radius 3 is 2.30 bits per heavy atom. The molecule has 2 saturated heterocycles.